The number of aromatic nitrogens is 1. The van der Waals surface area contributed by atoms with Crippen molar-refractivity contribution in [1.29, 1.82) is 0 Å². The molecule has 2 unspecified atom stereocenters. The van der Waals surface area contributed by atoms with Gasteiger partial charge in [-0.1, -0.05) is 34.6 Å². The van der Waals surface area contributed by atoms with Gasteiger partial charge in [-0.3, -0.25) is 9.59 Å². The number of hydrogen-bond acceptors (Lipinski definition) is 6. The second-order valence-electron chi connectivity index (χ2n) is 10.2. The Labute approximate surface area is 209 Å². The summed E-state index contributed by atoms with van der Waals surface area (Å²) in [6.07, 6.45) is -6.06. The lowest BCUT2D eigenvalue weighted by Gasteiger charge is -2.42. The van der Waals surface area contributed by atoms with E-state index in [1.807, 2.05) is 0 Å². The van der Waals surface area contributed by atoms with Crippen molar-refractivity contribution >= 4 is 26.2 Å². The number of esters is 1. The van der Waals surface area contributed by atoms with Crippen LogP contribution in [0.5, 0.6) is 0 Å². The third kappa shape index (κ3) is 7.66. The monoisotopic (exact) mass is 536 g/mol. The molecule has 1 heterocycles. The van der Waals surface area contributed by atoms with Crippen LogP contribution in [0.15, 0.2) is 17.1 Å². The van der Waals surface area contributed by atoms with Crippen LogP contribution in [0.3, 0.4) is 0 Å². The lowest BCUT2D eigenvalue weighted by molar-refractivity contribution is -0.210. The number of ether oxygens (including phenoxy) is 1. The van der Waals surface area contributed by atoms with E-state index >= 15 is 0 Å². The Hall–Kier alpha value is -2.67. The first-order chi connectivity index (χ1) is 16.2. The molecule has 0 saturated heterocycles. The second kappa shape index (κ2) is 11.6. The first-order valence-corrected chi connectivity index (χ1v) is 14.3. The molecule has 0 aliphatic rings. The number of rotatable bonds is 10. The fourth-order valence-electron chi connectivity index (χ4n) is 3.10. The highest BCUT2D eigenvalue weighted by atomic mass is 28.4. The summed E-state index contributed by atoms with van der Waals surface area (Å²) in [4.78, 5) is 49.0. The highest BCUT2D eigenvalue weighted by Crippen LogP contribution is 2.41. The van der Waals surface area contributed by atoms with Crippen LogP contribution >= 0.6 is 0 Å². The average Bonchev–Trinajstić information content (AvgIpc) is 2.69. The van der Waals surface area contributed by atoms with Crippen LogP contribution in [0.2, 0.25) is 18.1 Å². The molecule has 2 atom stereocenters. The second-order valence-corrected chi connectivity index (χ2v) is 15.0. The van der Waals surface area contributed by atoms with Gasteiger partial charge >= 0.3 is 18.1 Å². The van der Waals surface area contributed by atoms with Gasteiger partial charge in [0.25, 0.3) is 5.56 Å². The maximum atomic E-state index is 14.1. The van der Waals surface area contributed by atoms with Crippen LogP contribution in [-0.4, -0.2) is 60.8 Å². The van der Waals surface area contributed by atoms with Gasteiger partial charge in [0.2, 0.25) is 5.91 Å². The van der Waals surface area contributed by atoms with Crippen LogP contribution in [-0.2, 0) is 20.5 Å². The van der Waals surface area contributed by atoms with Gasteiger partial charge in [0.05, 0.1) is 18.2 Å². The van der Waals surface area contributed by atoms with Crippen LogP contribution in [0.25, 0.3) is 0 Å². The van der Waals surface area contributed by atoms with E-state index in [0.29, 0.717) is 4.57 Å². The van der Waals surface area contributed by atoms with Gasteiger partial charge in [0, 0.05) is 6.20 Å². The molecular formula is C23H35F3N2O7Si. The van der Waals surface area contributed by atoms with Crippen molar-refractivity contribution in [2.24, 2.45) is 5.92 Å². The number of pyridine rings is 1. The van der Waals surface area contributed by atoms with Crippen LogP contribution in [0, 0.1) is 5.92 Å². The molecule has 1 rings (SSSR count). The molecule has 0 fully saturated rings. The van der Waals surface area contributed by atoms with Crippen molar-refractivity contribution < 1.29 is 41.8 Å². The van der Waals surface area contributed by atoms with Gasteiger partial charge < -0.3 is 24.2 Å². The van der Waals surface area contributed by atoms with Crippen LogP contribution in [0.4, 0.5) is 13.2 Å². The number of nitrogens with zero attached hydrogens (tertiary/aromatic N) is 1. The Morgan fingerprint density at radius 3 is 2.14 bits per heavy atom. The number of carbonyl (C=O) groups excluding carboxylic acids is 2. The van der Waals surface area contributed by atoms with Gasteiger partial charge in [-0.2, -0.15) is 13.2 Å². The Morgan fingerprint density at radius 1 is 1.17 bits per heavy atom. The summed E-state index contributed by atoms with van der Waals surface area (Å²) in [6, 6.07) is -0.463. The highest BCUT2D eigenvalue weighted by molar-refractivity contribution is 6.74. The SMILES string of the molecule is CCOC(=O)c1ccn(CC(=O)NC(C(C)C)C(O[Si](C)(C)C(C)(C)C)C(F)(F)F)c(=O)c1C(=O)O. The molecule has 1 aromatic rings. The number of carbonyl (C=O) groups is 3. The minimum atomic E-state index is -4.79. The lowest BCUT2D eigenvalue weighted by atomic mass is 9.98. The van der Waals surface area contributed by atoms with E-state index < -0.39 is 78.7 Å². The third-order valence-electron chi connectivity index (χ3n) is 6.11. The number of aromatic carboxylic acids is 1. The number of hydrogen-bond donors (Lipinski definition) is 2. The third-order valence-corrected chi connectivity index (χ3v) is 10.6. The zero-order valence-corrected chi connectivity index (χ0v) is 22.8. The normalized spacial score (nSPS) is 14.3. The Balaban J connectivity index is 3.32. The molecule has 1 aromatic heterocycles. The van der Waals surface area contributed by atoms with Crippen molar-refractivity contribution in [3.05, 3.63) is 33.7 Å². The molecule has 204 valence electrons. The smallest absolute Gasteiger partial charge is 0.415 e. The molecule has 0 aliphatic heterocycles. The Morgan fingerprint density at radius 2 is 1.72 bits per heavy atom. The molecule has 36 heavy (non-hydrogen) atoms. The van der Waals surface area contributed by atoms with E-state index in [2.05, 4.69) is 5.32 Å². The van der Waals surface area contributed by atoms with Crippen molar-refractivity contribution in [3.8, 4) is 0 Å². The molecule has 0 spiro atoms. The maximum Gasteiger partial charge on any atom is 0.415 e. The fraction of sp³-hybridized carbons (Fsp3) is 0.652. The van der Waals surface area contributed by atoms with E-state index in [9.17, 15) is 37.5 Å². The van der Waals surface area contributed by atoms with Crippen LogP contribution in [0.1, 0.15) is 62.3 Å². The number of halogens is 3. The molecule has 0 radical (unpaired) electrons. The van der Waals surface area contributed by atoms with E-state index in [0.717, 1.165) is 12.3 Å². The Kier molecular flexibility index (Phi) is 10.1. The predicted octanol–water partition coefficient (Wildman–Crippen LogP) is 3.82. The molecule has 0 aromatic carbocycles. The molecule has 2 N–H and O–H groups in total. The summed E-state index contributed by atoms with van der Waals surface area (Å²) in [5, 5.41) is 11.2. The molecule has 0 bridgehead atoms. The lowest BCUT2D eigenvalue weighted by Crippen LogP contribution is -2.59. The number of nitrogens with one attached hydrogen (secondary N) is 1. The van der Waals surface area contributed by atoms with E-state index in [1.165, 1.54) is 20.8 Å². The molecule has 0 aliphatic carbocycles. The van der Waals surface area contributed by atoms with Crippen molar-refractivity contribution in [2.75, 3.05) is 6.61 Å². The van der Waals surface area contributed by atoms with Gasteiger partial charge in [-0.25, -0.2) is 9.59 Å². The van der Waals surface area contributed by atoms with Gasteiger partial charge in [0.15, 0.2) is 14.4 Å². The van der Waals surface area contributed by atoms with Crippen molar-refractivity contribution in [1.82, 2.24) is 9.88 Å². The Bertz CT molecular complexity index is 1030. The minimum Gasteiger partial charge on any atom is -0.477 e. The average molecular weight is 537 g/mol. The number of carboxylic acids is 1. The van der Waals surface area contributed by atoms with Crippen molar-refractivity contribution in [2.45, 2.75) is 84.5 Å². The quantitative estimate of drug-likeness (QED) is 0.344. The number of amides is 1. The summed E-state index contributed by atoms with van der Waals surface area (Å²) in [6.45, 7) is 12.4. The van der Waals surface area contributed by atoms with E-state index in [4.69, 9.17) is 9.16 Å². The summed E-state index contributed by atoms with van der Waals surface area (Å²) >= 11 is 0. The first kappa shape index (κ1) is 31.4. The maximum absolute atomic E-state index is 14.1. The highest BCUT2D eigenvalue weighted by Gasteiger charge is 2.52. The van der Waals surface area contributed by atoms with Crippen molar-refractivity contribution in [3.63, 3.8) is 0 Å². The molecule has 1 amide bonds. The zero-order chi connectivity index (χ0) is 28.2. The summed E-state index contributed by atoms with van der Waals surface area (Å²) in [5.41, 5.74) is -2.57. The molecule has 13 heteroatoms. The predicted molar refractivity (Wildman–Crippen MR) is 129 cm³/mol. The van der Waals surface area contributed by atoms with Gasteiger partial charge in [-0.05, 0) is 37.0 Å². The van der Waals surface area contributed by atoms with Gasteiger partial charge in [-0.15, -0.1) is 0 Å². The molecule has 0 saturated carbocycles. The number of carboxylic acid groups (broad SMARTS) is 1. The zero-order valence-electron chi connectivity index (χ0n) is 21.8. The first-order valence-electron chi connectivity index (χ1n) is 11.4. The summed E-state index contributed by atoms with van der Waals surface area (Å²) in [7, 11) is -2.90. The van der Waals surface area contributed by atoms with Gasteiger partial charge in [0.1, 0.15) is 12.1 Å². The largest absolute Gasteiger partial charge is 0.477 e. The van der Waals surface area contributed by atoms with E-state index in [1.54, 1.807) is 33.9 Å². The fourth-order valence-corrected chi connectivity index (χ4v) is 4.37. The summed E-state index contributed by atoms with van der Waals surface area (Å²) in [5.74, 6) is -4.39. The van der Waals surface area contributed by atoms with E-state index in [-0.39, 0.29) is 6.61 Å². The number of alkyl halides is 3. The minimum absolute atomic E-state index is 0.0582. The van der Waals surface area contributed by atoms with Crippen LogP contribution < -0.4 is 10.9 Å². The standard InChI is InChI=1S/C23H35F3N2O7Si/c1-9-34-21(33)14-10-11-28(19(30)16(14)20(31)32)12-15(29)27-17(13(2)3)18(23(24,25)26)35-36(7,8)22(4,5)6/h10-11,13,17-18H,9,12H2,1-8H3,(H,27,29)(H,31,32). The molecule has 9 nitrogen and oxygen atoms in total. The molecular weight excluding hydrogens is 501 g/mol. The topological polar surface area (TPSA) is 124 Å². The summed E-state index contributed by atoms with van der Waals surface area (Å²) < 4.78 is 53.4.